The molecule has 1 atom stereocenters. The molecule has 0 aliphatic carbocycles. The highest BCUT2D eigenvalue weighted by Crippen LogP contribution is 2.37. The number of aromatic amines is 1. The van der Waals surface area contributed by atoms with Gasteiger partial charge in [0, 0.05) is 37.3 Å². The molecular formula is C30H30ClF2N5O4. The lowest BCUT2D eigenvalue weighted by molar-refractivity contribution is 0.0617. The summed E-state index contributed by atoms with van der Waals surface area (Å²) in [6.07, 6.45) is 2.67. The van der Waals surface area contributed by atoms with Crippen molar-refractivity contribution < 1.29 is 23.4 Å². The molecule has 0 bridgehead atoms. The van der Waals surface area contributed by atoms with E-state index in [0.717, 1.165) is 49.2 Å². The third-order valence-corrected chi connectivity index (χ3v) is 8.43. The molecule has 1 aromatic heterocycles. The van der Waals surface area contributed by atoms with Gasteiger partial charge in [-0.1, -0.05) is 17.7 Å². The van der Waals surface area contributed by atoms with E-state index in [1.807, 2.05) is 17.0 Å². The van der Waals surface area contributed by atoms with Crippen molar-refractivity contribution in [3.05, 3.63) is 85.8 Å². The Kier molecular flexibility index (Phi) is 7.73. The van der Waals surface area contributed by atoms with Crippen LogP contribution in [0.15, 0.2) is 46.3 Å². The summed E-state index contributed by atoms with van der Waals surface area (Å²) in [5, 5.41) is 13.0. The Labute approximate surface area is 245 Å². The number of fused-ring (bicyclic) bond motifs is 2. The summed E-state index contributed by atoms with van der Waals surface area (Å²) in [5.74, 6) is -2.14. The fraction of sp³-hybridized carbons (Fsp3) is 0.367. The summed E-state index contributed by atoms with van der Waals surface area (Å²) in [6, 6.07) is 7.52. The zero-order valence-electron chi connectivity index (χ0n) is 22.9. The van der Waals surface area contributed by atoms with E-state index in [-0.39, 0.29) is 30.7 Å². The second-order valence-corrected chi connectivity index (χ2v) is 11.3. The number of piperidine rings is 1. The Morgan fingerprint density at radius 1 is 1.17 bits per heavy atom. The maximum absolute atomic E-state index is 14.0. The molecule has 0 radical (unpaired) electrons. The van der Waals surface area contributed by atoms with Crippen LogP contribution in [0.3, 0.4) is 0 Å². The number of amides is 1. The van der Waals surface area contributed by atoms with Crippen molar-refractivity contribution in [2.45, 2.75) is 38.0 Å². The van der Waals surface area contributed by atoms with Crippen LogP contribution in [0.4, 0.5) is 20.2 Å². The first-order chi connectivity index (χ1) is 20.2. The van der Waals surface area contributed by atoms with Gasteiger partial charge >= 0.3 is 0 Å². The van der Waals surface area contributed by atoms with Gasteiger partial charge in [0.05, 0.1) is 22.6 Å². The van der Waals surface area contributed by atoms with Gasteiger partial charge in [0.15, 0.2) is 11.6 Å². The van der Waals surface area contributed by atoms with Crippen LogP contribution in [-0.2, 0) is 13.0 Å². The van der Waals surface area contributed by atoms with Crippen molar-refractivity contribution in [2.24, 2.45) is 4.99 Å². The van der Waals surface area contributed by atoms with Gasteiger partial charge < -0.3 is 29.9 Å². The van der Waals surface area contributed by atoms with E-state index in [2.05, 4.69) is 22.2 Å². The molecule has 0 spiro atoms. The predicted molar refractivity (Wildman–Crippen MR) is 155 cm³/mol. The van der Waals surface area contributed by atoms with Gasteiger partial charge in [-0.15, -0.1) is 0 Å². The smallest absolute Gasteiger partial charge is 0.259 e. The Morgan fingerprint density at radius 3 is 2.71 bits per heavy atom. The molecule has 2 aromatic carbocycles. The van der Waals surface area contributed by atoms with Crippen molar-refractivity contribution in [2.75, 3.05) is 38.6 Å². The molecular weight excluding hydrogens is 568 g/mol. The number of anilines is 1. The maximum Gasteiger partial charge on any atom is 0.259 e. The zero-order chi connectivity index (χ0) is 29.5. The molecule has 0 unspecified atom stereocenters. The molecule has 6 rings (SSSR count). The van der Waals surface area contributed by atoms with Gasteiger partial charge in [0.2, 0.25) is 0 Å². The first-order valence-corrected chi connectivity index (χ1v) is 14.2. The van der Waals surface area contributed by atoms with Crippen LogP contribution < -0.4 is 15.6 Å². The number of hydrogen-bond acceptors (Lipinski definition) is 7. The molecule has 9 nitrogen and oxygen atoms in total. The van der Waals surface area contributed by atoms with Crippen LogP contribution in [0.5, 0.6) is 5.75 Å². The average molecular weight is 598 g/mol. The Balaban J connectivity index is 1.15. The fourth-order valence-corrected chi connectivity index (χ4v) is 6.01. The fourth-order valence-electron chi connectivity index (χ4n) is 5.80. The van der Waals surface area contributed by atoms with E-state index < -0.39 is 28.5 Å². The van der Waals surface area contributed by atoms with E-state index in [9.17, 15) is 23.5 Å². The summed E-state index contributed by atoms with van der Waals surface area (Å²) < 4.78 is 32.9. The van der Waals surface area contributed by atoms with Gasteiger partial charge in [-0.3, -0.25) is 14.6 Å². The molecule has 3 N–H and O–H groups in total. The highest BCUT2D eigenvalue weighted by atomic mass is 35.5. The maximum atomic E-state index is 14.0. The first kappa shape index (κ1) is 28.3. The Hall–Kier alpha value is -3.80. The number of aliphatic hydroxyl groups excluding tert-OH is 1. The average Bonchev–Trinajstić information content (AvgIpc) is 3.53. The minimum Gasteiger partial charge on any atom is -0.486 e. The third kappa shape index (κ3) is 5.39. The number of carbonyl (C=O) groups is 1. The molecule has 0 saturated carbocycles. The zero-order valence-corrected chi connectivity index (χ0v) is 23.7. The predicted octanol–water partition coefficient (Wildman–Crippen LogP) is 3.89. The van der Waals surface area contributed by atoms with Crippen LogP contribution in [-0.4, -0.2) is 76.9 Å². The number of benzene rings is 2. The lowest BCUT2D eigenvalue weighted by Crippen LogP contribution is -2.43. The summed E-state index contributed by atoms with van der Waals surface area (Å²) in [7, 11) is 2.10. The largest absolute Gasteiger partial charge is 0.486 e. The summed E-state index contributed by atoms with van der Waals surface area (Å²) in [5.41, 5.74) is 4.19. The molecule has 4 heterocycles. The number of H-pyrrole nitrogens is 1. The van der Waals surface area contributed by atoms with E-state index in [1.54, 1.807) is 6.07 Å². The lowest BCUT2D eigenvalue weighted by atomic mass is 10.00. The number of carbonyl (C=O) groups excluding carboxylic acids is 1. The number of nitrogens with zero attached hydrogens (tertiary/aromatic N) is 3. The second-order valence-electron chi connectivity index (χ2n) is 11.0. The Bertz CT molecular complexity index is 1640. The van der Waals surface area contributed by atoms with Crippen molar-refractivity contribution in [1.82, 2.24) is 14.8 Å². The van der Waals surface area contributed by atoms with Gasteiger partial charge in [-0.2, -0.15) is 0 Å². The molecule has 3 aliphatic heterocycles. The number of likely N-dealkylation sites (tertiary alicyclic amines) is 1. The number of aromatic nitrogens is 1. The summed E-state index contributed by atoms with van der Waals surface area (Å²) >= 11 is 5.78. The van der Waals surface area contributed by atoms with Crippen molar-refractivity contribution in [1.29, 1.82) is 0 Å². The normalized spacial score (nSPS) is 17.7. The second kappa shape index (κ2) is 11.5. The number of aliphatic imine (C=N–C) groups is 1. The molecule has 1 amide bonds. The molecule has 1 fully saturated rings. The van der Waals surface area contributed by atoms with Gasteiger partial charge in [-0.05, 0) is 68.4 Å². The lowest BCUT2D eigenvalue weighted by Gasteiger charge is -2.34. The van der Waals surface area contributed by atoms with Gasteiger partial charge in [0.25, 0.3) is 11.5 Å². The van der Waals surface area contributed by atoms with Crippen LogP contribution in [0.2, 0.25) is 5.02 Å². The monoisotopic (exact) mass is 597 g/mol. The molecule has 42 heavy (non-hydrogen) atoms. The molecule has 12 heteroatoms. The molecule has 3 aromatic rings. The van der Waals surface area contributed by atoms with Crippen LogP contribution in [0, 0.1) is 11.6 Å². The highest BCUT2D eigenvalue weighted by Gasteiger charge is 2.35. The first-order valence-electron chi connectivity index (χ1n) is 13.8. The Morgan fingerprint density at radius 2 is 1.93 bits per heavy atom. The molecule has 1 saturated heterocycles. The number of pyridine rings is 1. The van der Waals surface area contributed by atoms with Gasteiger partial charge in [-0.25, -0.2) is 8.78 Å². The minimum atomic E-state index is -1.14. The number of halogens is 3. The SMILES string of the molecule is CN1CCC(N2Cc3cc4c(cc3C2=O)N=C(c2c(NC[C@@H](O)COc3c(F)ccc(F)c3Cl)cc[nH]c2=O)C4)CC1. The van der Waals surface area contributed by atoms with Crippen LogP contribution >= 0.6 is 11.6 Å². The minimum absolute atomic E-state index is 0.0292. The number of ether oxygens (including phenoxy) is 1. The van der Waals surface area contributed by atoms with E-state index in [0.29, 0.717) is 41.2 Å². The molecule has 220 valence electrons. The van der Waals surface area contributed by atoms with Crippen molar-refractivity contribution in [3.8, 4) is 5.75 Å². The quantitative estimate of drug-likeness (QED) is 0.340. The van der Waals surface area contributed by atoms with E-state index >= 15 is 0 Å². The third-order valence-electron chi connectivity index (χ3n) is 8.08. The number of hydrogen-bond donors (Lipinski definition) is 3. The molecule has 3 aliphatic rings. The standard InChI is InChI=1S/C30H30ClF2N5O4/c1-37-8-5-18(6-9-37)38-14-17-10-16-11-25(36-24(16)12-20(17)30(38)41)26-23(4-7-34-29(26)40)35-13-19(39)15-42-28-22(33)3-2-21(32)27(28)31/h2-4,7,10,12,18-19,39H,5-6,8-9,11,13-15H2,1H3,(H2,34,35,40)/t19-/m1/s1. The number of aliphatic hydroxyl groups is 1. The van der Waals surface area contributed by atoms with E-state index in [1.165, 1.54) is 6.20 Å². The van der Waals surface area contributed by atoms with Crippen molar-refractivity contribution >= 4 is 34.6 Å². The number of nitrogens with one attached hydrogen (secondary N) is 2. The van der Waals surface area contributed by atoms with Crippen LogP contribution in [0.1, 0.15) is 39.9 Å². The summed E-state index contributed by atoms with van der Waals surface area (Å²) in [4.78, 5) is 37.9. The van der Waals surface area contributed by atoms with E-state index in [4.69, 9.17) is 21.3 Å². The van der Waals surface area contributed by atoms with Crippen LogP contribution in [0.25, 0.3) is 0 Å². The van der Waals surface area contributed by atoms with Crippen molar-refractivity contribution in [3.63, 3.8) is 0 Å². The topological polar surface area (TPSA) is 110 Å². The van der Waals surface area contributed by atoms with Gasteiger partial charge in [0.1, 0.15) is 23.6 Å². The highest BCUT2D eigenvalue weighted by molar-refractivity contribution is 6.32. The summed E-state index contributed by atoms with van der Waals surface area (Å²) in [6.45, 7) is 2.10. The number of rotatable bonds is 8.